The summed E-state index contributed by atoms with van der Waals surface area (Å²) >= 11 is 12.2. The average molecular weight is 598 g/mol. The number of nitrogens with one attached hydrogen (secondary N) is 1. The zero-order valence-electron chi connectivity index (χ0n) is 21.3. The van der Waals surface area contributed by atoms with Gasteiger partial charge in [-0.3, -0.25) is 19.4 Å². The van der Waals surface area contributed by atoms with Crippen LogP contribution in [0.4, 0.5) is 5.69 Å². The molecule has 1 aromatic heterocycles. The second-order valence-electron chi connectivity index (χ2n) is 9.23. The van der Waals surface area contributed by atoms with E-state index in [9.17, 15) is 13.2 Å². The number of hydrogen-bond acceptors (Lipinski definition) is 6. The van der Waals surface area contributed by atoms with Gasteiger partial charge in [0.1, 0.15) is 5.75 Å². The number of carbonyl (C=O) groups is 1. The van der Waals surface area contributed by atoms with Gasteiger partial charge in [-0.2, -0.15) is 0 Å². The van der Waals surface area contributed by atoms with E-state index in [1.54, 1.807) is 47.5 Å². The number of para-hydroxylation sites is 2. The molecule has 1 aliphatic rings. The molecule has 2 heterocycles. The van der Waals surface area contributed by atoms with Crippen molar-refractivity contribution in [2.45, 2.75) is 11.4 Å². The van der Waals surface area contributed by atoms with Crippen LogP contribution in [0.3, 0.4) is 0 Å². The minimum atomic E-state index is -3.97. The number of nitrogens with zero attached hydrogens (tertiary/aromatic N) is 3. The molecule has 0 saturated carbocycles. The third kappa shape index (κ3) is 6.74. The van der Waals surface area contributed by atoms with Gasteiger partial charge in [0.25, 0.3) is 15.9 Å². The Morgan fingerprint density at radius 2 is 1.65 bits per heavy atom. The molecule has 1 aliphatic heterocycles. The summed E-state index contributed by atoms with van der Waals surface area (Å²) in [5.74, 6) is 0.472. The van der Waals surface area contributed by atoms with Crippen LogP contribution in [0, 0.1) is 0 Å². The van der Waals surface area contributed by atoms with E-state index in [0.717, 1.165) is 25.2 Å². The van der Waals surface area contributed by atoms with Gasteiger partial charge in [0, 0.05) is 55.7 Å². The van der Waals surface area contributed by atoms with Gasteiger partial charge in [-0.1, -0.05) is 41.4 Å². The highest BCUT2D eigenvalue weighted by Gasteiger charge is 2.23. The molecule has 3 aromatic carbocycles. The lowest BCUT2D eigenvalue weighted by Gasteiger charge is -2.34. The normalized spacial score (nSPS) is 14.1. The number of anilines is 1. The van der Waals surface area contributed by atoms with Crippen LogP contribution in [0.15, 0.2) is 96.2 Å². The Hall–Kier alpha value is -3.63. The van der Waals surface area contributed by atoms with Crippen LogP contribution in [0.2, 0.25) is 10.0 Å². The van der Waals surface area contributed by atoms with Crippen LogP contribution in [0.25, 0.3) is 0 Å². The van der Waals surface area contributed by atoms with E-state index in [0.29, 0.717) is 34.4 Å². The van der Waals surface area contributed by atoms with Gasteiger partial charge in [0.15, 0.2) is 5.75 Å². The standard InChI is InChI=1S/C29H26Cl2N4O4S/c30-23-9-12-27(25(31)18-23)39-28-6-2-1-5-26(28)33-40(37,38)24-10-7-22(8-11-24)29(36)35-16-14-34(15-17-35)20-21-4-3-13-32-19-21/h1-13,18-19,33H,14-17,20H2. The number of amides is 1. The van der Waals surface area contributed by atoms with Crippen molar-refractivity contribution in [2.75, 3.05) is 30.9 Å². The number of ether oxygens (including phenoxy) is 1. The highest BCUT2D eigenvalue weighted by atomic mass is 35.5. The fourth-order valence-electron chi connectivity index (χ4n) is 4.34. The molecule has 0 atom stereocenters. The molecule has 0 radical (unpaired) electrons. The predicted molar refractivity (Wildman–Crippen MR) is 156 cm³/mol. The number of sulfonamides is 1. The van der Waals surface area contributed by atoms with Crippen molar-refractivity contribution in [3.8, 4) is 11.5 Å². The van der Waals surface area contributed by atoms with E-state index in [1.807, 2.05) is 18.3 Å². The number of piperazine rings is 1. The number of carbonyl (C=O) groups excluding carboxylic acids is 1. The fourth-order valence-corrected chi connectivity index (χ4v) is 5.86. The first-order chi connectivity index (χ1) is 19.3. The highest BCUT2D eigenvalue weighted by Crippen LogP contribution is 2.35. The smallest absolute Gasteiger partial charge is 0.262 e. The Bertz CT molecular complexity index is 1590. The minimum absolute atomic E-state index is 0.0182. The summed E-state index contributed by atoms with van der Waals surface area (Å²) in [5.41, 5.74) is 1.80. The van der Waals surface area contributed by atoms with Gasteiger partial charge in [-0.25, -0.2) is 8.42 Å². The molecule has 4 aromatic rings. The van der Waals surface area contributed by atoms with E-state index in [1.165, 1.54) is 30.3 Å². The van der Waals surface area contributed by atoms with Gasteiger partial charge in [-0.15, -0.1) is 0 Å². The SMILES string of the molecule is O=C(c1ccc(S(=O)(=O)Nc2ccccc2Oc2ccc(Cl)cc2Cl)cc1)N1CCN(Cc2cccnc2)CC1. The van der Waals surface area contributed by atoms with Gasteiger partial charge < -0.3 is 9.64 Å². The van der Waals surface area contributed by atoms with Crippen LogP contribution in [-0.4, -0.2) is 55.3 Å². The number of rotatable bonds is 8. The first-order valence-corrected chi connectivity index (χ1v) is 14.8. The molecular weight excluding hydrogens is 571 g/mol. The first kappa shape index (κ1) is 27.9. The van der Waals surface area contributed by atoms with E-state index in [-0.39, 0.29) is 22.2 Å². The summed E-state index contributed by atoms with van der Waals surface area (Å²) in [6, 6.07) is 21.3. The first-order valence-electron chi connectivity index (χ1n) is 12.5. The zero-order chi connectivity index (χ0) is 28.1. The van der Waals surface area contributed by atoms with Gasteiger partial charge >= 0.3 is 0 Å². The maximum atomic E-state index is 13.2. The molecule has 40 heavy (non-hydrogen) atoms. The summed E-state index contributed by atoms with van der Waals surface area (Å²) in [5, 5.41) is 0.747. The Labute approximate surface area is 243 Å². The maximum Gasteiger partial charge on any atom is 0.262 e. The van der Waals surface area contributed by atoms with E-state index < -0.39 is 10.0 Å². The van der Waals surface area contributed by atoms with Gasteiger partial charge in [-0.05, 0) is 66.2 Å². The maximum absolute atomic E-state index is 13.2. The topological polar surface area (TPSA) is 91.8 Å². The third-order valence-corrected chi connectivity index (χ3v) is 8.36. The Balaban J connectivity index is 1.22. The molecule has 5 rings (SSSR count). The molecule has 0 bridgehead atoms. The zero-order valence-corrected chi connectivity index (χ0v) is 23.7. The molecule has 0 unspecified atom stereocenters. The van der Waals surface area contributed by atoms with Crippen LogP contribution >= 0.6 is 23.2 Å². The monoisotopic (exact) mass is 596 g/mol. The molecule has 0 spiro atoms. The van der Waals surface area contributed by atoms with Crippen LogP contribution in [-0.2, 0) is 16.6 Å². The molecule has 1 N–H and O–H groups in total. The second-order valence-corrected chi connectivity index (χ2v) is 11.8. The van der Waals surface area contributed by atoms with Crippen molar-refractivity contribution in [1.82, 2.24) is 14.8 Å². The summed E-state index contributed by atoms with van der Waals surface area (Å²) in [4.78, 5) is 21.3. The van der Waals surface area contributed by atoms with E-state index in [2.05, 4.69) is 14.6 Å². The lowest BCUT2D eigenvalue weighted by molar-refractivity contribution is 0.0628. The molecule has 1 fully saturated rings. The van der Waals surface area contributed by atoms with E-state index >= 15 is 0 Å². The van der Waals surface area contributed by atoms with Gasteiger partial charge in [0.2, 0.25) is 0 Å². The van der Waals surface area contributed by atoms with Crippen molar-refractivity contribution < 1.29 is 17.9 Å². The molecule has 11 heteroatoms. The van der Waals surface area contributed by atoms with Crippen molar-refractivity contribution in [3.05, 3.63) is 112 Å². The van der Waals surface area contributed by atoms with Crippen LogP contribution < -0.4 is 9.46 Å². The quantitative estimate of drug-likeness (QED) is 0.271. The summed E-state index contributed by atoms with van der Waals surface area (Å²) < 4.78 is 34.8. The van der Waals surface area contributed by atoms with Crippen molar-refractivity contribution in [1.29, 1.82) is 0 Å². The van der Waals surface area contributed by atoms with Gasteiger partial charge in [0.05, 0.1) is 15.6 Å². The van der Waals surface area contributed by atoms with E-state index in [4.69, 9.17) is 27.9 Å². The molecule has 1 saturated heterocycles. The largest absolute Gasteiger partial charge is 0.454 e. The molecule has 1 amide bonds. The number of hydrogen-bond donors (Lipinski definition) is 1. The Morgan fingerprint density at radius 1 is 0.900 bits per heavy atom. The van der Waals surface area contributed by atoms with Crippen LogP contribution in [0.1, 0.15) is 15.9 Å². The Morgan fingerprint density at radius 3 is 2.35 bits per heavy atom. The second kappa shape index (κ2) is 12.3. The number of halogens is 2. The number of pyridine rings is 1. The van der Waals surface area contributed by atoms with Crippen molar-refractivity contribution in [2.24, 2.45) is 0 Å². The molecule has 8 nitrogen and oxygen atoms in total. The highest BCUT2D eigenvalue weighted by molar-refractivity contribution is 7.92. The Kier molecular flexibility index (Phi) is 8.56. The lowest BCUT2D eigenvalue weighted by atomic mass is 10.1. The predicted octanol–water partition coefficient (Wildman–Crippen LogP) is 5.94. The average Bonchev–Trinajstić information content (AvgIpc) is 2.96. The minimum Gasteiger partial charge on any atom is -0.454 e. The molecular formula is C29H26Cl2N4O4S. The van der Waals surface area contributed by atoms with Crippen molar-refractivity contribution in [3.63, 3.8) is 0 Å². The summed E-state index contributed by atoms with van der Waals surface area (Å²) in [6.07, 6.45) is 3.60. The molecule has 206 valence electrons. The molecule has 0 aliphatic carbocycles. The fraction of sp³-hybridized carbons (Fsp3) is 0.172. The lowest BCUT2D eigenvalue weighted by Crippen LogP contribution is -2.48. The van der Waals surface area contributed by atoms with Crippen molar-refractivity contribution >= 4 is 44.8 Å². The summed E-state index contributed by atoms with van der Waals surface area (Å²) in [7, 11) is -3.97. The number of aromatic nitrogens is 1. The van der Waals surface area contributed by atoms with Crippen LogP contribution in [0.5, 0.6) is 11.5 Å². The number of benzene rings is 3. The third-order valence-electron chi connectivity index (χ3n) is 6.45. The summed E-state index contributed by atoms with van der Waals surface area (Å²) in [6.45, 7) is 3.47.